The molecule has 0 saturated carbocycles. The fourth-order valence-corrected chi connectivity index (χ4v) is 5.48. The van der Waals surface area contributed by atoms with E-state index in [9.17, 15) is 9.59 Å². The normalized spacial score (nSPS) is 18.9. The van der Waals surface area contributed by atoms with E-state index in [1.807, 2.05) is 34.1 Å². The van der Waals surface area contributed by atoms with Gasteiger partial charge in [0.15, 0.2) is 0 Å². The number of imidazole rings is 1. The minimum atomic E-state index is -0.0356. The fraction of sp³-hybridized carbons (Fsp3) is 0.483. The molecule has 5 rings (SSSR count). The van der Waals surface area contributed by atoms with Crippen molar-refractivity contribution in [2.75, 3.05) is 24.5 Å². The minimum absolute atomic E-state index is 0.0356. The molecule has 184 valence electrons. The number of aromatic nitrogens is 2. The Morgan fingerprint density at radius 1 is 1.00 bits per heavy atom. The maximum atomic E-state index is 13.3. The first-order valence-corrected chi connectivity index (χ1v) is 13.3. The van der Waals surface area contributed by atoms with Crippen molar-refractivity contribution in [3.8, 4) is 0 Å². The number of anilines is 1. The summed E-state index contributed by atoms with van der Waals surface area (Å²) in [6.07, 6.45) is 8.39. The molecule has 2 aliphatic rings. The van der Waals surface area contributed by atoms with Gasteiger partial charge in [0.05, 0.1) is 11.0 Å². The predicted octanol–water partition coefficient (Wildman–Crippen LogP) is 5.30. The van der Waals surface area contributed by atoms with E-state index in [4.69, 9.17) is 4.98 Å². The van der Waals surface area contributed by atoms with E-state index in [1.54, 1.807) is 0 Å². The molecule has 0 spiro atoms. The van der Waals surface area contributed by atoms with E-state index in [2.05, 4.69) is 35.8 Å². The van der Waals surface area contributed by atoms with Crippen molar-refractivity contribution in [1.29, 1.82) is 0 Å². The number of aryl methyl sites for hydroxylation is 1. The quantitative estimate of drug-likeness (QED) is 0.469. The number of carbonyl (C=O) groups excluding carboxylic acids is 2. The molecule has 0 N–H and O–H groups in total. The highest BCUT2D eigenvalue weighted by Gasteiger charge is 2.35. The number of hydrogen-bond acceptors (Lipinski definition) is 3. The van der Waals surface area contributed by atoms with Crippen molar-refractivity contribution in [3.63, 3.8) is 0 Å². The van der Waals surface area contributed by atoms with Crippen LogP contribution in [0.5, 0.6) is 0 Å². The van der Waals surface area contributed by atoms with Crippen molar-refractivity contribution in [1.82, 2.24) is 14.5 Å². The Morgan fingerprint density at radius 3 is 2.49 bits per heavy atom. The van der Waals surface area contributed by atoms with Crippen LogP contribution in [-0.4, -0.2) is 45.9 Å². The first-order valence-electron chi connectivity index (χ1n) is 13.3. The van der Waals surface area contributed by atoms with Crippen LogP contribution in [0.4, 0.5) is 5.69 Å². The lowest BCUT2D eigenvalue weighted by Crippen LogP contribution is -2.35. The third-order valence-corrected chi connectivity index (χ3v) is 7.49. The summed E-state index contributed by atoms with van der Waals surface area (Å²) >= 11 is 0. The number of amides is 2. The van der Waals surface area contributed by atoms with Crippen molar-refractivity contribution in [3.05, 3.63) is 59.9 Å². The maximum absolute atomic E-state index is 13.3. The molecule has 6 nitrogen and oxygen atoms in total. The minimum Gasteiger partial charge on any atom is -0.341 e. The Balaban J connectivity index is 1.38. The number of para-hydroxylation sites is 2. The zero-order valence-electron chi connectivity index (χ0n) is 20.8. The van der Waals surface area contributed by atoms with Gasteiger partial charge in [-0.15, -0.1) is 0 Å². The Morgan fingerprint density at radius 2 is 1.74 bits per heavy atom. The maximum Gasteiger partial charge on any atom is 0.242 e. The summed E-state index contributed by atoms with van der Waals surface area (Å²) in [6.45, 7) is 4.75. The first-order chi connectivity index (χ1) is 17.1. The number of fused-ring (bicyclic) bond motifs is 1. The van der Waals surface area contributed by atoms with Gasteiger partial charge in [-0.2, -0.15) is 0 Å². The third kappa shape index (κ3) is 5.12. The van der Waals surface area contributed by atoms with Crippen molar-refractivity contribution < 1.29 is 9.59 Å². The number of likely N-dealkylation sites (tertiary alicyclic amines) is 1. The number of benzene rings is 2. The van der Waals surface area contributed by atoms with Crippen LogP contribution in [-0.2, 0) is 22.6 Å². The third-order valence-electron chi connectivity index (χ3n) is 7.49. The van der Waals surface area contributed by atoms with Crippen LogP contribution in [0.15, 0.2) is 48.5 Å². The van der Waals surface area contributed by atoms with Gasteiger partial charge in [0.2, 0.25) is 11.8 Å². The number of hydrogen-bond donors (Lipinski definition) is 0. The van der Waals surface area contributed by atoms with E-state index in [-0.39, 0.29) is 24.3 Å². The van der Waals surface area contributed by atoms with Crippen LogP contribution < -0.4 is 4.90 Å². The summed E-state index contributed by atoms with van der Waals surface area (Å²) in [6, 6.07) is 16.4. The molecular weight excluding hydrogens is 436 g/mol. The molecule has 0 bridgehead atoms. The molecule has 0 aliphatic carbocycles. The number of carbonyl (C=O) groups is 2. The molecule has 0 unspecified atom stereocenters. The molecule has 2 aromatic carbocycles. The van der Waals surface area contributed by atoms with Crippen LogP contribution in [0, 0.1) is 0 Å². The zero-order valence-corrected chi connectivity index (χ0v) is 20.8. The molecule has 0 radical (unpaired) electrons. The van der Waals surface area contributed by atoms with E-state index >= 15 is 0 Å². The van der Waals surface area contributed by atoms with Crippen LogP contribution in [0.2, 0.25) is 0 Å². The molecule has 2 amide bonds. The lowest BCUT2D eigenvalue weighted by atomic mass is 10.1. The lowest BCUT2D eigenvalue weighted by Gasteiger charge is -2.22. The number of rotatable bonds is 7. The van der Waals surface area contributed by atoms with E-state index in [1.165, 1.54) is 31.2 Å². The lowest BCUT2D eigenvalue weighted by molar-refractivity contribution is -0.131. The van der Waals surface area contributed by atoms with Gasteiger partial charge in [-0.05, 0) is 55.5 Å². The molecule has 1 aromatic heterocycles. The van der Waals surface area contributed by atoms with Gasteiger partial charge in [0, 0.05) is 37.7 Å². The van der Waals surface area contributed by atoms with Crippen LogP contribution in [0.25, 0.3) is 11.0 Å². The Labute approximate surface area is 207 Å². The Hall–Kier alpha value is -3.15. The van der Waals surface area contributed by atoms with E-state index in [0.29, 0.717) is 13.0 Å². The van der Waals surface area contributed by atoms with Crippen LogP contribution >= 0.6 is 0 Å². The van der Waals surface area contributed by atoms with Gasteiger partial charge in [0.1, 0.15) is 12.4 Å². The predicted molar refractivity (Wildman–Crippen MR) is 140 cm³/mol. The summed E-state index contributed by atoms with van der Waals surface area (Å²) in [5.41, 5.74) is 4.11. The largest absolute Gasteiger partial charge is 0.341 e. The molecule has 3 heterocycles. The van der Waals surface area contributed by atoms with Crippen molar-refractivity contribution in [2.24, 2.45) is 0 Å². The molecule has 2 saturated heterocycles. The fourth-order valence-electron chi connectivity index (χ4n) is 5.48. The van der Waals surface area contributed by atoms with E-state index < -0.39 is 0 Å². The highest BCUT2D eigenvalue weighted by Crippen LogP contribution is 2.33. The monoisotopic (exact) mass is 472 g/mol. The van der Waals surface area contributed by atoms with Crippen molar-refractivity contribution in [2.45, 2.75) is 70.8 Å². The highest BCUT2D eigenvalue weighted by atomic mass is 16.2. The highest BCUT2D eigenvalue weighted by molar-refractivity contribution is 5.96. The molecule has 6 heteroatoms. The molecular formula is C29H36N4O2. The molecule has 1 atom stereocenters. The average Bonchev–Trinajstić information content (AvgIpc) is 3.30. The second kappa shape index (κ2) is 10.6. The van der Waals surface area contributed by atoms with E-state index in [0.717, 1.165) is 54.9 Å². The SMILES string of the molecule is CCCCc1ccc(N2C[C@H](c3nc4ccccc4n3CC(=O)N3CCCCCC3)CC2=O)cc1. The van der Waals surface area contributed by atoms with Crippen molar-refractivity contribution >= 4 is 28.5 Å². The number of nitrogens with zero attached hydrogens (tertiary/aromatic N) is 4. The van der Waals surface area contributed by atoms with Gasteiger partial charge in [0.25, 0.3) is 0 Å². The van der Waals surface area contributed by atoms with Gasteiger partial charge in [-0.1, -0.05) is 50.5 Å². The molecule has 35 heavy (non-hydrogen) atoms. The summed E-state index contributed by atoms with van der Waals surface area (Å²) in [5, 5.41) is 0. The molecule has 2 aliphatic heterocycles. The number of unbranched alkanes of at least 4 members (excludes halogenated alkanes) is 1. The summed E-state index contributed by atoms with van der Waals surface area (Å²) in [5.74, 6) is 1.09. The smallest absolute Gasteiger partial charge is 0.242 e. The van der Waals surface area contributed by atoms with Gasteiger partial charge < -0.3 is 14.4 Å². The van der Waals surface area contributed by atoms with Crippen LogP contribution in [0.3, 0.4) is 0 Å². The van der Waals surface area contributed by atoms with Gasteiger partial charge >= 0.3 is 0 Å². The first kappa shape index (κ1) is 23.6. The van der Waals surface area contributed by atoms with Gasteiger partial charge in [-0.3, -0.25) is 9.59 Å². The molecule has 2 fully saturated rings. The summed E-state index contributed by atoms with van der Waals surface area (Å²) in [4.78, 5) is 35.2. The Bertz CT molecular complexity index is 1180. The Kier molecular flexibility index (Phi) is 7.16. The molecule has 3 aromatic rings. The summed E-state index contributed by atoms with van der Waals surface area (Å²) in [7, 11) is 0. The topological polar surface area (TPSA) is 58.4 Å². The second-order valence-electron chi connectivity index (χ2n) is 10.0. The average molecular weight is 473 g/mol. The van der Waals surface area contributed by atoms with Gasteiger partial charge in [-0.25, -0.2) is 4.98 Å². The zero-order chi connectivity index (χ0) is 24.2. The standard InChI is InChI=1S/C29H36N4O2/c1-2-3-10-22-13-15-24(16-14-22)32-20-23(19-27(32)34)29-30-25-11-6-7-12-26(25)33(29)21-28(35)31-17-8-4-5-9-18-31/h6-7,11-16,23H,2-5,8-10,17-21H2,1H3/t23-/m1/s1. The van der Waals surface area contributed by atoms with Crippen LogP contribution in [0.1, 0.15) is 69.2 Å². The second-order valence-corrected chi connectivity index (χ2v) is 10.0. The summed E-state index contributed by atoms with van der Waals surface area (Å²) < 4.78 is 2.07.